The fraction of sp³-hybridized carbons (Fsp3) is 0.524. The second-order valence-corrected chi connectivity index (χ2v) is 8.54. The van der Waals surface area contributed by atoms with Crippen LogP contribution in [0, 0.1) is 0 Å². The third-order valence-corrected chi connectivity index (χ3v) is 6.25. The van der Waals surface area contributed by atoms with E-state index < -0.39 is 12.7 Å². The van der Waals surface area contributed by atoms with Crippen LogP contribution in [0.5, 0.6) is 0 Å². The number of aliphatic hydroxyl groups is 1. The molecular formula is C21H25FN6O3. The van der Waals surface area contributed by atoms with Gasteiger partial charge in [0.15, 0.2) is 0 Å². The number of anilines is 1. The fourth-order valence-electron chi connectivity index (χ4n) is 4.10. The summed E-state index contributed by atoms with van der Waals surface area (Å²) in [6.07, 6.45) is 4.67. The number of ether oxygens (including phenoxy) is 1. The van der Waals surface area contributed by atoms with Crippen molar-refractivity contribution in [3.05, 3.63) is 29.5 Å². The van der Waals surface area contributed by atoms with Crippen LogP contribution in [0.1, 0.15) is 31.0 Å². The van der Waals surface area contributed by atoms with E-state index in [4.69, 9.17) is 9.84 Å². The van der Waals surface area contributed by atoms with Gasteiger partial charge in [0, 0.05) is 44.2 Å². The van der Waals surface area contributed by atoms with Gasteiger partial charge >= 0.3 is 0 Å². The molecule has 1 saturated carbocycles. The van der Waals surface area contributed by atoms with Crippen LogP contribution in [-0.2, 0) is 16.0 Å². The lowest BCUT2D eigenvalue weighted by Crippen LogP contribution is -2.49. The largest absolute Gasteiger partial charge is 0.387 e. The normalized spacial score (nSPS) is 22.2. The molecule has 10 heteroatoms. The number of piperazine rings is 1. The molecule has 2 aromatic heterocycles. The first-order valence-electron chi connectivity index (χ1n) is 10.5. The zero-order valence-corrected chi connectivity index (χ0v) is 17.3. The van der Waals surface area contributed by atoms with Crippen molar-refractivity contribution < 1.29 is 19.0 Å². The Morgan fingerprint density at radius 3 is 2.81 bits per heavy atom. The van der Waals surface area contributed by atoms with E-state index in [9.17, 15) is 9.18 Å². The summed E-state index contributed by atoms with van der Waals surface area (Å²) in [6, 6.07) is 1.87. The van der Waals surface area contributed by atoms with Gasteiger partial charge in [0.1, 0.15) is 36.4 Å². The van der Waals surface area contributed by atoms with Crippen LogP contribution in [0.4, 0.5) is 10.2 Å². The number of aromatic nitrogens is 4. The Hall–Kier alpha value is -2.85. The molecule has 5 rings (SSSR count). The van der Waals surface area contributed by atoms with Crippen LogP contribution in [0.25, 0.3) is 17.5 Å². The van der Waals surface area contributed by atoms with Gasteiger partial charge in [-0.25, -0.2) is 14.4 Å². The SMILES string of the molecule is CC1(OC2Cc3c(-c4cc(N5CCN(C(=O)CO)CC5)ncn4)n[nH]c3C=C2F)CC1. The summed E-state index contributed by atoms with van der Waals surface area (Å²) in [5.74, 6) is 0.200. The molecule has 2 aliphatic carbocycles. The zero-order chi connectivity index (χ0) is 21.6. The maximum Gasteiger partial charge on any atom is 0.248 e. The molecule has 1 aliphatic heterocycles. The number of nitrogens with one attached hydrogen (secondary N) is 1. The van der Waals surface area contributed by atoms with Gasteiger partial charge in [-0.1, -0.05) is 0 Å². The molecule has 9 nitrogen and oxygen atoms in total. The number of aromatic amines is 1. The van der Waals surface area contributed by atoms with Crippen LogP contribution in [0.2, 0.25) is 0 Å². The number of aliphatic hydroxyl groups excluding tert-OH is 1. The minimum atomic E-state index is -0.602. The lowest BCUT2D eigenvalue weighted by molar-refractivity contribution is -0.134. The monoisotopic (exact) mass is 428 g/mol. The lowest BCUT2D eigenvalue weighted by Gasteiger charge is -2.35. The Morgan fingerprint density at radius 2 is 2.10 bits per heavy atom. The summed E-state index contributed by atoms with van der Waals surface area (Å²) < 4.78 is 20.5. The van der Waals surface area contributed by atoms with Gasteiger partial charge in [-0.3, -0.25) is 9.89 Å². The number of hydrogen-bond acceptors (Lipinski definition) is 7. The molecule has 0 radical (unpaired) electrons. The summed E-state index contributed by atoms with van der Waals surface area (Å²) in [7, 11) is 0. The highest BCUT2D eigenvalue weighted by Gasteiger charge is 2.43. The van der Waals surface area contributed by atoms with Gasteiger partial charge in [0.25, 0.3) is 0 Å². The van der Waals surface area contributed by atoms with E-state index in [2.05, 4.69) is 25.1 Å². The van der Waals surface area contributed by atoms with Crippen molar-refractivity contribution in [2.45, 2.75) is 37.9 Å². The molecule has 0 aromatic carbocycles. The van der Waals surface area contributed by atoms with Gasteiger partial charge in [-0.15, -0.1) is 0 Å². The van der Waals surface area contributed by atoms with Crippen molar-refractivity contribution >= 4 is 17.8 Å². The van der Waals surface area contributed by atoms with Crippen molar-refractivity contribution in [2.75, 3.05) is 37.7 Å². The standard InChI is InChI=1S/C21H25FN6O3/c1-21(2-3-21)31-17-8-13-15(9-14(17)22)25-26-20(13)16-10-18(24-12-23-16)27-4-6-28(7-5-27)19(30)11-29/h9-10,12,17,29H,2-8,11H2,1H3,(H,25,26). The first kappa shape index (κ1) is 20.1. The topological polar surface area (TPSA) is 107 Å². The predicted octanol–water partition coefficient (Wildman–Crippen LogP) is 1.31. The van der Waals surface area contributed by atoms with Crippen molar-refractivity contribution in [1.82, 2.24) is 25.1 Å². The molecule has 0 bridgehead atoms. The molecule has 1 atom stereocenters. The van der Waals surface area contributed by atoms with E-state index in [0.29, 0.717) is 49.7 Å². The number of hydrogen-bond donors (Lipinski definition) is 2. The summed E-state index contributed by atoms with van der Waals surface area (Å²) in [6.45, 7) is 3.82. The van der Waals surface area contributed by atoms with Gasteiger partial charge < -0.3 is 19.6 Å². The Kier molecular flexibility index (Phi) is 4.98. The van der Waals surface area contributed by atoms with Gasteiger partial charge in [-0.2, -0.15) is 5.10 Å². The predicted molar refractivity (Wildman–Crippen MR) is 111 cm³/mol. The molecule has 2 aromatic rings. The highest BCUT2D eigenvalue weighted by molar-refractivity contribution is 5.77. The van der Waals surface area contributed by atoms with E-state index in [1.165, 1.54) is 12.4 Å². The number of carbonyl (C=O) groups excluding carboxylic acids is 1. The van der Waals surface area contributed by atoms with Crippen molar-refractivity contribution in [3.63, 3.8) is 0 Å². The number of amides is 1. The maximum atomic E-state index is 14.5. The minimum Gasteiger partial charge on any atom is -0.387 e. The van der Waals surface area contributed by atoms with Crippen LogP contribution < -0.4 is 4.90 Å². The Labute approximate surface area is 178 Å². The van der Waals surface area contributed by atoms with Gasteiger partial charge in [0.05, 0.1) is 17.0 Å². The molecule has 3 aliphatic rings. The van der Waals surface area contributed by atoms with Gasteiger partial charge in [-0.05, 0) is 25.8 Å². The average molecular weight is 428 g/mol. The van der Waals surface area contributed by atoms with Crippen molar-refractivity contribution in [1.29, 1.82) is 0 Å². The van der Waals surface area contributed by atoms with Gasteiger partial charge in [0.2, 0.25) is 5.91 Å². The maximum absolute atomic E-state index is 14.5. The van der Waals surface area contributed by atoms with E-state index >= 15 is 0 Å². The summed E-state index contributed by atoms with van der Waals surface area (Å²) >= 11 is 0. The van der Waals surface area contributed by atoms with Crippen molar-refractivity contribution in [3.8, 4) is 11.4 Å². The summed E-state index contributed by atoms with van der Waals surface area (Å²) in [5.41, 5.74) is 2.64. The summed E-state index contributed by atoms with van der Waals surface area (Å²) in [4.78, 5) is 24.2. The second kappa shape index (κ2) is 7.69. The van der Waals surface area contributed by atoms with Crippen LogP contribution >= 0.6 is 0 Å². The average Bonchev–Trinajstić information content (AvgIpc) is 3.38. The molecule has 1 unspecified atom stereocenters. The van der Waals surface area contributed by atoms with Crippen molar-refractivity contribution in [2.24, 2.45) is 0 Å². The first-order valence-corrected chi connectivity index (χ1v) is 10.5. The highest BCUT2D eigenvalue weighted by Crippen LogP contribution is 2.43. The van der Waals surface area contributed by atoms with Crippen LogP contribution in [-0.4, -0.2) is 80.6 Å². The van der Waals surface area contributed by atoms with Crippen LogP contribution in [0.15, 0.2) is 18.2 Å². The third kappa shape index (κ3) is 3.92. The first-order chi connectivity index (χ1) is 15.0. The highest BCUT2D eigenvalue weighted by atomic mass is 19.1. The lowest BCUT2D eigenvalue weighted by atomic mass is 9.97. The minimum absolute atomic E-state index is 0.223. The molecule has 2 fully saturated rings. The smallest absolute Gasteiger partial charge is 0.248 e. The number of carbonyl (C=O) groups is 1. The van der Waals surface area contributed by atoms with E-state index in [0.717, 1.165) is 24.2 Å². The summed E-state index contributed by atoms with van der Waals surface area (Å²) in [5, 5.41) is 16.4. The van der Waals surface area contributed by atoms with Crippen LogP contribution in [0.3, 0.4) is 0 Å². The van der Waals surface area contributed by atoms with E-state index in [1.54, 1.807) is 4.90 Å². The second-order valence-electron chi connectivity index (χ2n) is 8.54. The quantitative estimate of drug-likeness (QED) is 0.739. The zero-order valence-electron chi connectivity index (χ0n) is 17.3. The Bertz CT molecular complexity index is 1030. The number of halogens is 1. The van der Waals surface area contributed by atoms with E-state index in [-0.39, 0.29) is 17.3 Å². The Morgan fingerprint density at radius 1 is 1.32 bits per heavy atom. The molecule has 2 N–H and O–H groups in total. The number of nitrogens with zero attached hydrogens (tertiary/aromatic N) is 5. The molecule has 1 saturated heterocycles. The molecule has 164 valence electrons. The molecule has 31 heavy (non-hydrogen) atoms. The molecule has 1 amide bonds. The Balaban J connectivity index is 1.35. The van der Waals surface area contributed by atoms with E-state index in [1.807, 2.05) is 13.0 Å². The number of H-pyrrole nitrogens is 1. The number of fused-ring (bicyclic) bond motifs is 1. The molecule has 3 heterocycles. The third-order valence-electron chi connectivity index (χ3n) is 6.25. The fourth-order valence-corrected chi connectivity index (χ4v) is 4.10. The number of rotatable bonds is 5. The molecular weight excluding hydrogens is 403 g/mol. The molecule has 0 spiro atoms.